The maximum atomic E-state index is 13.5. The third-order valence-electron chi connectivity index (χ3n) is 5.89. The van der Waals surface area contributed by atoms with E-state index < -0.39 is 11.0 Å². The fraction of sp³-hybridized carbons (Fsp3) is 0.565. The van der Waals surface area contributed by atoms with Crippen molar-refractivity contribution >= 4 is 28.3 Å². The van der Waals surface area contributed by atoms with Gasteiger partial charge in [-0.2, -0.15) is 9.78 Å². The normalized spacial score (nSPS) is 19.3. The molecule has 1 atom stereocenters. The Labute approximate surface area is 196 Å². The molecule has 2 fully saturated rings. The van der Waals surface area contributed by atoms with Gasteiger partial charge in [-0.15, -0.1) is 0 Å². The van der Waals surface area contributed by atoms with Gasteiger partial charge in [-0.05, 0) is 64.7 Å². The maximum absolute atomic E-state index is 13.5. The predicted molar refractivity (Wildman–Crippen MR) is 129 cm³/mol. The third-order valence-corrected chi connectivity index (χ3v) is 8.01. The van der Waals surface area contributed by atoms with Crippen molar-refractivity contribution in [3.63, 3.8) is 0 Å². The molecule has 1 aliphatic heterocycles. The molecule has 1 aromatic heterocycles. The van der Waals surface area contributed by atoms with Crippen LogP contribution >= 0.6 is 11.6 Å². The molecule has 174 valence electrons. The fourth-order valence-electron chi connectivity index (χ4n) is 4.21. The minimum Gasteiger partial charge on any atom is -0.483 e. The Morgan fingerprint density at radius 1 is 1.12 bits per heavy atom. The van der Waals surface area contributed by atoms with Gasteiger partial charge in [0.1, 0.15) is 5.69 Å². The number of rotatable bonds is 5. The van der Waals surface area contributed by atoms with Crippen LogP contribution in [0.15, 0.2) is 35.3 Å². The van der Waals surface area contributed by atoms with Crippen LogP contribution in [0.4, 0.5) is 5.69 Å². The maximum Gasteiger partial charge on any atom is 0.316 e. The molecule has 0 spiro atoms. The molecule has 1 unspecified atom stereocenters. The highest BCUT2D eigenvalue weighted by molar-refractivity contribution is 7.84. The van der Waals surface area contributed by atoms with Gasteiger partial charge in [0.15, 0.2) is 0 Å². The minimum atomic E-state index is -1.06. The number of anilines is 1. The van der Waals surface area contributed by atoms with E-state index in [9.17, 15) is 9.00 Å². The van der Waals surface area contributed by atoms with Crippen LogP contribution in [-0.2, 0) is 11.0 Å². The van der Waals surface area contributed by atoms with Crippen LogP contribution in [-0.4, -0.2) is 55.3 Å². The summed E-state index contributed by atoms with van der Waals surface area (Å²) >= 11 is 6.14. The summed E-state index contributed by atoms with van der Waals surface area (Å²) in [6.07, 6.45) is 5.90. The average Bonchev–Trinajstić information content (AvgIpc) is 3.27. The average molecular weight is 479 g/mol. The van der Waals surface area contributed by atoms with Gasteiger partial charge < -0.3 is 9.64 Å². The first-order valence-corrected chi connectivity index (χ1v) is 12.7. The molecule has 1 aromatic carbocycles. The predicted octanol–water partition coefficient (Wildman–Crippen LogP) is 3.79. The van der Waals surface area contributed by atoms with Crippen molar-refractivity contribution in [3.8, 4) is 11.4 Å². The molecule has 0 bridgehead atoms. The molecule has 0 amide bonds. The molecule has 4 rings (SSSR count). The second kappa shape index (κ2) is 9.53. The molecule has 7 nitrogen and oxygen atoms in total. The van der Waals surface area contributed by atoms with Gasteiger partial charge in [-0.3, -0.25) is 4.79 Å². The molecule has 2 aliphatic rings. The number of aromatic nitrogens is 2. The lowest BCUT2D eigenvalue weighted by Gasteiger charge is -2.38. The largest absolute Gasteiger partial charge is 0.483 e. The topological polar surface area (TPSA) is 67.7 Å². The summed E-state index contributed by atoms with van der Waals surface area (Å²) in [4.78, 5) is 15.6. The van der Waals surface area contributed by atoms with Gasteiger partial charge >= 0.3 is 5.56 Å². The van der Waals surface area contributed by atoms with Crippen LogP contribution in [0.3, 0.4) is 0 Å². The van der Waals surface area contributed by atoms with E-state index in [0.29, 0.717) is 48.3 Å². The quantitative estimate of drug-likeness (QED) is 0.654. The third kappa shape index (κ3) is 5.02. The highest BCUT2D eigenvalue weighted by atomic mass is 35.5. The van der Waals surface area contributed by atoms with E-state index in [1.165, 1.54) is 4.68 Å². The summed E-state index contributed by atoms with van der Waals surface area (Å²) in [7, 11) is -1.06. The fourth-order valence-corrected chi connectivity index (χ4v) is 5.67. The Kier molecular flexibility index (Phi) is 6.93. The van der Waals surface area contributed by atoms with Crippen molar-refractivity contribution in [1.82, 2.24) is 14.1 Å². The summed E-state index contributed by atoms with van der Waals surface area (Å²) in [5, 5.41) is 4.99. The van der Waals surface area contributed by atoms with E-state index in [1.54, 1.807) is 30.5 Å². The second-order valence-corrected chi connectivity index (χ2v) is 12.0. The first-order chi connectivity index (χ1) is 15.2. The van der Waals surface area contributed by atoms with E-state index in [2.05, 4.69) is 10.00 Å². The summed E-state index contributed by atoms with van der Waals surface area (Å²) in [6.45, 7) is 8.60. The smallest absolute Gasteiger partial charge is 0.316 e. The standard InChI is InChI=1S/C23H31ClN4O3S/c1-23(2,3)32(30)27-13-11-26(12-14-27)20-16-25-28(18-8-6-7-17(24)15-18)22(29)21(20)31-19-9-4-5-10-19/h6-8,15-16,19H,4-5,9-14H2,1-3H3. The van der Waals surface area contributed by atoms with Gasteiger partial charge in [-0.1, -0.05) is 17.7 Å². The van der Waals surface area contributed by atoms with Crippen molar-refractivity contribution in [2.24, 2.45) is 0 Å². The monoisotopic (exact) mass is 478 g/mol. The molecular formula is C23H31ClN4O3S. The van der Waals surface area contributed by atoms with E-state index in [4.69, 9.17) is 16.3 Å². The molecule has 9 heteroatoms. The van der Waals surface area contributed by atoms with Crippen LogP contribution in [0.25, 0.3) is 5.69 Å². The van der Waals surface area contributed by atoms with Crippen LogP contribution in [0.1, 0.15) is 46.5 Å². The minimum absolute atomic E-state index is 0.0475. The zero-order chi connectivity index (χ0) is 22.9. The zero-order valence-electron chi connectivity index (χ0n) is 18.9. The summed E-state index contributed by atoms with van der Waals surface area (Å²) in [6, 6.07) is 7.09. The lowest BCUT2D eigenvalue weighted by atomic mass is 10.2. The Hall–Kier alpha value is -1.90. The highest BCUT2D eigenvalue weighted by Crippen LogP contribution is 2.31. The number of halogens is 1. The number of nitrogens with zero attached hydrogens (tertiary/aromatic N) is 4. The van der Waals surface area contributed by atoms with Crippen LogP contribution in [0, 0.1) is 0 Å². The molecule has 2 aromatic rings. The number of ether oxygens (including phenoxy) is 1. The van der Waals surface area contributed by atoms with Gasteiger partial charge in [0.05, 0.1) is 33.7 Å². The van der Waals surface area contributed by atoms with Gasteiger partial charge in [0.2, 0.25) is 5.75 Å². The van der Waals surface area contributed by atoms with Gasteiger partial charge in [0, 0.05) is 31.2 Å². The summed E-state index contributed by atoms with van der Waals surface area (Å²) in [5.41, 5.74) is 1.04. The summed E-state index contributed by atoms with van der Waals surface area (Å²) < 4.78 is 22.1. The van der Waals surface area contributed by atoms with Crippen LogP contribution in [0.2, 0.25) is 5.02 Å². The molecular weight excluding hydrogens is 448 g/mol. The lowest BCUT2D eigenvalue weighted by molar-refractivity contribution is 0.205. The molecule has 1 saturated heterocycles. The van der Waals surface area contributed by atoms with E-state index in [1.807, 2.05) is 25.1 Å². The van der Waals surface area contributed by atoms with Crippen LogP contribution < -0.4 is 15.2 Å². The Bertz CT molecular complexity index is 1040. The zero-order valence-corrected chi connectivity index (χ0v) is 20.5. The van der Waals surface area contributed by atoms with Crippen molar-refractivity contribution in [2.75, 3.05) is 31.1 Å². The summed E-state index contributed by atoms with van der Waals surface area (Å²) in [5.74, 6) is 0.345. The Morgan fingerprint density at radius 3 is 2.44 bits per heavy atom. The van der Waals surface area contributed by atoms with E-state index >= 15 is 0 Å². The first-order valence-electron chi connectivity index (χ1n) is 11.2. The lowest BCUT2D eigenvalue weighted by Crippen LogP contribution is -2.50. The number of piperazine rings is 1. The van der Waals surface area contributed by atoms with Gasteiger partial charge in [-0.25, -0.2) is 8.51 Å². The van der Waals surface area contributed by atoms with Crippen molar-refractivity contribution < 1.29 is 8.95 Å². The molecule has 32 heavy (non-hydrogen) atoms. The van der Waals surface area contributed by atoms with Crippen molar-refractivity contribution in [2.45, 2.75) is 57.3 Å². The molecule has 0 N–H and O–H groups in total. The Morgan fingerprint density at radius 2 is 1.81 bits per heavy atom. The molecule has 2 heterocycles. The number of hydrogen-bond donors (Lipinski definition) is 0. The number of benzene rings is 1. The molecule has 1 aliphatic carbocycles. The molecule has 1 saturated carbocycles. The van der Waals surface area contributed by atoms with Crippen molar-refractivity contribution in [3.05, 3.63) is 45.8 Å². The van der Waals surface area contributed by atoms with E-state index in [-0.39, 0.29) is 16.4 Å². The first kappa shape index (κ1) is 23.3. The molecule has 0 radical (unpaired) electrons. The second-order valence-electron chi connectivity index (χ2n) is 9.36. The van der Waals surface area contributed by atoms with Crippen molar-refractivity contribution in [1.29, 1.82) is 0 Å². The van der Waals surface area contributed by atoms with E-state index in [0.717, 1.165) is 25.7 Å². The van der Waals surface area contributed by atoms with Gasteiger partial charge in [0.25, 0.3) is 0 Å². The Balaban J connectivity index is 1.64. The SMILES string of the molecule is CC(C)(C)S(=O)N1CCN(c2cnn(-c3cccc(Cl)c3)c(=O)c2OC2CCCC2)CC1. The number of hydrogen-bond acceptors (Lipinski definition) is 5. The van der Waals surface area contributed by atoms with Crippen LogP contribution in [0.5, 0.6) is 5.75 Å². The highest BCUT2D eigenvalue weighted by Gasteiger charge is 2.31.